The van der Waals surface area contributed by atoms with Gasteiger partial charge in [0.15, 0.2) is 11.5 Å². The number of rotatable bonds is 7. The van der Waals surface area contributed by atoms with Crippen LogP contribution >= 0.6 is 0 Å². The smallest absolute Gasteiger partial charge is 0.225 e. The van der Waals surface area contributed by atoms with Crippen LogP contribution in [0.5, 0.6) is 17.2 Å². The second kappa shape index (κ2) is 10.1. The molecule has 0 aliphatic carbocycles. The van der Waals surface area contributed by atoms with Gasteiger partial charge in [0, 0.05) is 5.57 Å². The lowest BCUT2D eigenvalue weighted by molar-refractivity contribution is 0.377. The molecule has 0 radical (unpaired) electrons. The van der Waals surface area contributed by atoms with Gasteiger partial charge in [0.05, 0.1) is 19.1 Å². The maximum atomic E-state index is 6.14. The van der Waals surface area contributed by atoms with Gasteiger partial charge in [0.1, 0.15) is 5.75 Å². The standard InChI is InChI=1S/C25H25NO3/c1-4-20-11-10-14-22(17-20)29-25(26-21-12-6-5-7-13-21)19(2)18-28-24-16-9-8-15-23(24)27-3/h5-18H,4H2,1-3H3/b19-18?,26-25+. The zero-order valence-corrected chi connectivity index (χ0v) is 17.0. The van der Waals surface area contributed by atoms with E-state index in [0.29, 0.717) is 17.4 Å². The fourth-order valence-electron chi connectivity index (χ4n) is 2.67. The van der Waals surface area contributed by atoms with Crippen molar-refractivity contribution in [2.24, 2.45) is 4.99 Å². The summed E-state index contributed by atoms with van der Waals surface area (Å²) in [7, 11) is 1.62. The second-order valence-corrected chi connectivity index (χ2v) is 6.43. The molecule has 0 spiro atoms. The van der Waals surface area contributed by atoms with Crippen LogP contribution in [0.2, 0.25) is 0 Å². The molecule has 0 saturated carbocycles. The van der Waals surface area contributed by atoms with Crippen LogP contribution < -0.4 is 14.2 Å². The van der Waals surface area contributed by atoms with E-state index in [1.54, 1.807) is 13.4 Å². The Morgan fingerprint density at radius 2 is 1.62 bits per heavy atom. The molecule has 0 N–H and O–H groups in total. The summed E-state index contributed by atoms with van der Waals surface area (Å²) < 4.78 is 17.3. The molecule has 4 heteroatoms. The Morgan fingerprint density at radius 3 is 2.34 bits per heavy atom. The third-order valence-corrected chi connectivity index (χ3v) is 4.28. The summed E-state index contributed by atoms with van der Waals surface area (Å²) in [5.74, 6) is 2.50. The molecule has 0 aromatic heterocycles. The Morgan fingerprint density at radius 1 is 0.897 bits per heavy atom. The number of para-hydroxylation sites is 3. The van der Waals surface area contributed by atoms with Gasteiger partial charge in [-0.05, 0) is 55.3 Å². The topological polar surface area (TPSA) is 40.0 Å². The van der Waals surface area contributed by atoms with Crippen molar-refractivity contribution in [2.75, 3.05) is 7.11 Å². The number of hydrogen-bond acceptors (Lipinski definition) is 4. The van der Waals surface area contributed by atoms with Crippen LogP contribution in [0.4, 0.5) is 5.69 Å². The molecule has 0 amide bonds. The summed E-state index contributed by atoms with van der Waals surface area (Å²) in [6.45, 7) is 4.02. The second-order valence-electron chi connectivity index (χ2n) is 6.43. The van der Waals surface area contributed by atoms with Crippen LogP contribution in [0.1, 0.15) is 19.4 Å². The number of nitrogens with zero attached hydrogens (tertiary/aromatic N) is 1. The van der Waals surface area contributed by atoms with Crippen LogP contribution in [0.15, 0.2) is 95.7 Å². The molecule has 29 heavy (non-hydrogen) atoms. The lowest BCUT2D eigenvalue weighted by Gasteiger charge is -2.12. The molecule has 0 saturated heterocycles. The molecule has 0 fully saturated rings. The van der Waals surface area contributed by atoms with Crippen molar-refractivity contribution >= 4 is 11.6 Å². The van der Waals surface area contributed by atoms with E-state index in [4.69, 9.17) is 14.2 Å². The lowest BCUT2D eigenvalue weighted by atomic mass is 10.2. The highest BCUT2D eigenvalue weighted by Crippen LogP contribution is 2.26. The van der Waals surface area contributed by atoms with Gasteiger partial charge >= 0.3 is 0 Å². The minimum atomic E-state index is 0.472. The number of benzene rings is 3. The Hall–Kier alpha value is -3.53. The average molecular weight is 387 g/mol. The third-order valence-electron chi connectivity index (χ3n) is 4.28. The van der Waals surface area contributed by atoms with Gasteiger partial charge in [-0.2, -0.15) is 0 Å². The van der Waals surface area contributed by atoms with Gasteiger partial charge in [0.25, 0.3) is 0 Å². The Bertz CT molecular complexity index is 994. The van der Waals surface area contributed by atoms with Crippen LogP contribution in [-0.4, -0.2) is 13.0 Å². The minimum absolute atomic E-state index is 0.472. The highest BCUT2D eigenvalue weighted by atomic mass is 16.5. The molecule has 148 valence electrons. The SMILES string of the molecule is CCc1cccc(O/C(=N/c2ccccc2)C(C)=COc2ccccc2OC)c1. The monoisotopic (exact) mass is 387 g/mol. The first-order valence-corrected chi connectivity index (χ1v) is 9.57. The van der Waals surface area contributed by atoms with Crippen molar-refractivity contribution in [3.63, 3.8) is 0 Å². The van der Waals surface area contributed by atoms with Crippen LogP contribution in [-0.2, 0) is 6.42 Å². The summed E-state index contributed by atoms with van der Waals surface area (Å²) in [5, 5.41) is 0. The maximum Gasteiger partial charge on any atom is 0.225 e. The number of aliphatic imine (C=N–C) groups is 1. The Labute approximate surface area is 172 Å². The molecule has 4 nitrogen and oxygen atoms in total. The van der Waals surface area contributed by atoms with Gasteiger partial charge < -0.3 is 14.2 Å². The predicted molar refractivity (Wildman–Crippen MR) is 117 cm³/mol. The number of methoxy groups -OCH3 is 1. The molecule has 3 rings (SSSR count). The Kier molecular flexibility index (Phi) is 7.06. The number of aryl methyl sites for hydroxylation is 1. The van der Waals surface area contributed by atoms with Crippen molar-refractivity contribution < 1.29 is 14.2 Å². The highest BCUT2D eigenvalue weighted by Gasteiger charge is 2.09. The van der Waals surface area contributed by atoms with Gasteiger partial charge in [-0.15, -0.1) is 0 Å². The number of hydrogen-bond donors (Lipinski definition) is 0. The molecule has 0 atom stereocenters. The molecular weight excluding hydrogens is 362 g/mol. The first kappa shape index (κ1) is 20.2. The molecule has 0 aliphatic rings. The maximum absolute atomic E-state index is 6.14. The van der Waals surface area contributed by atoms with E-state index < -0.39 is 0 Å². The van der Waals surface area contributed by atoms with Gasteiger partial charge in [-0.25, -0.2) is 4.99 Å². The quantitative estimate of drug-likeness (QED) is 0.269. The van der Waals surface area contributed by atoms with E-state index in [2.05, 4.69) is 18.0 Å². The molecule has 0 unspecified atom stereocenters. The fourth-order valence-corrected chi connectivity index (χ4v) is 2.67. The molecule has 0 heterocycles. The van der Waals surface area contributed by atoms with Crippen molar-refractivity contribution in [1.82, 2.24) is 0 Å². The van der Waals surface area contributed by atoms with E-state index in [9.17, 15) is 0 Å². The van der Waals surface area contributed by atoms with Gasteiger partial charge in [-0.3, -0.25) is 0 Å². The molecular formula is C25H25NO3. The fraction of sp³-hybridized carbons (Fsp3) is 0.160. The van der Waals surface area contributed by atoms with Crippen LogP contribution in [0, 0.1) is 0 Å². The zero-order chi connectivity index (χ0) is 20.5. The molecule has 3 aromatic rings. The van der Waals surface area contributed by atoms with E-state index in [-0.39, 0.29) is 0 Å². The molecule has 3 aromatic carbocycles. The Balaban J connectivity index is 1.90. The minimum Gasteiger partial charge on any atom is -0.493 e. The third kappa shape index (κ3) is 5.72. The summed E-state index contributed by atoms with van der Waals surface area (Å²) >= 11 is 0. The van der Waals surface area contributed by atoms with E-state index in [1.165, 1.54) is 5.56 Å². The lowest BCUT2D eigenvalue weighted by Crippen LogP contribution is -2.11. The largest absolute Gasteiger partial charge is 0.493 e. The first-order valence-electron chi connectivity index (χ1n) is 9.57. The summed E-state index contributed by atoms with van der Waals surface area (Å²) in [5.41, 5.74) is 2.76. The first-order chi connectivity index (χ1) is 14.2. The average Bonchev–Trinajstić information content (AvgIpc) is 2.78. The molecule has 0 bridgehead atoms. The van der Waals surface area contributed by atoms with E-state index >= 15 is 0 Å². The number of ether oxygens (including phenoxy) is 3. The molecule has 0 aliphatic heterocycles. The summed E-state index contributed by atoms with van der Waals surface area (Å²) in [6.07, 6.45) is 2.57. The van der Waals surface area contributed by atoms with Crippen molar-refractivity contribution in [3.8, 4) is 17.2 Å². The normalized spacial score (nSPS) is 11.8. The van der Waals surface area contributed by atoms with E-state index in [0.717, 1.165) is 23.4 Å². The summed E-state index contributed by atoms with van der Waals surface area (Å²) in [4.78, 5) is 4.68. The van der Waals surface area contributed by atoms with Gasteiger partial charge in [-0.1, -0.05) is 49.4 Å². The van der Waals surface area contributed by atoms with Crippen molar-refractivity contribution in [3.05, 3.63) is 96.3 Å². The predicted octanol–water partition coefficient (Wildman–Crippen LogP) is 6.35. The van der Waals surface area contributed by atoms with Crippen molar-refractivity contribution in [1.29, 1.82) is 0 Å². The highest BCUT2D eigenvalue weighted by molar-refractivity contribution is 5.96. The van der Waals surface area contributed by atoms with Crippen LogP contribution in [0.3, 0.4) is 0 Å². The van der Waals surface area contributed by atoms with E-state index in [1.807, 2.05) is 79.7 Å². The van der Waals surface area contributed by atoms with Gasteiger partial charge in [0.2, 0.25) is 5.90 Å². The summed E-state index contributed by atoms with van der Waals surface area (Å²) in [6, 6.07) is 25.2. The van der Waals surface area contributed by atoms with Crippen molar-refractivity contribution in [2.45, 2.75) is 20.3 Å². The van der Waals surface area contributed by atoms with Crippen LogP contribution in [0.25, 0.3) is 0 Å². The zero-order valence-electron chi connectivity index (χ0n) is 17.0.